The highest BCUT2D eigenvalue weighted by Crippen LogP contribution is 2.19. The van der Waals surface area contributed by atoms with Crippen LogP contribution in [0.2, 0.25) is 0 Å². The Hall–Kier alpha value is -2.17. The fraction of sp³-hybridized carbons (Fsp3) is 0.182. The van der Waals surface area contributed by atoms with Crippen molar-refractivity contribution in [3.63, 3.8) is 0 Å². The van der Waals surface area contributed by atoms with Crippen LogP contribution in [0.3, 0.4) is 0 Å². The first kappa shape index (κ1) is 10.4. The Morgan fingerprint density at radius 3 is 2.69 bits per heavy atom. The van der Waals surface area contributed by atoms with E-state index in [0.717, 1.165) is 5.56 Å². The van der Waals surface area contributed by atoms with Crippen LogP contribution in [-0.4, -0.2) is 20.4 Å². The maximum atomic E-state index is 11.1. The van der Waals surface area contributed by atoms with E-state index in [0.29, 0.717) is 5.82 Å². The van der Waals surface area contributed by atoms with Gasteiger partial charge in [0, 0.05) is 30.4 Å². The number of hydrogen-bond donors (Lipinski definition) is 1. The van der Waals surface area contributed by atoms with Crippen LogP contribution in [0.1, 0.15) is 13.0 Å². The molecule has 0 saturated carbocycles. The Balaban J connectivity index is 2.44. The molecule has 5 nitrogen and oxygen atoms in total. The second kappa shape index (κ2) is 4.14. The number of amides is 1. The number of carbonyl (C=O) groups is 1. The summed E-state index contributed by atoms with van der Waals surface area (Å²) in [6.07, 6.45) is 6.76. The molecule has 1 unspecified atom stereocenters. The third kappa shape index (κ3) is 1.79. The number of carbonyl (C=O) groups excluding carboxylic acids is 1. The number of aromatic nitrogens is 3. The zero-order valence-electron chi connectivity index (χ0n) is 8.87. The predicted molar refractivity (Wildman–Crippen MR) is 59.4 cm³/mol. The summed E-state index contributed by atoms with van der Waals surface area (Å²) in [5.41, 5.74) is 6.18. The van der Waals surface area contributed by atoms with Gasteiger partial charge in [-0.05, 0) is 19.1 Å². The highest BCUT2D eigenvalue weighted by atomic mass is 16.1. The van der Waals surface area contributed by atoms with Gasteiger partial charge in [0.1, 0.15) is 11.9 Å². The molecule has 2 aromatic rings. The quantitative estimate of drug-likeness (QED) is 0.831. The zero-order valence-corrected chi connectivity index (χ0v) is 8.87. The molecule has 0 spiro atoms. The third-order valence-corrected chi connectivity index (χ3v) is 2.44. The highest BCUT2D eigenvalue weighted by molar-refractivity contribution is 5.78. The Bertz CT molecular complexity index is 492. The molecule has 5 heteroatoms. The lowest BCUT2D eigenvalue weighted by Crippen LogP contribution is -2.24. The lowest BCUT2D eigenvalue weighted by atomic mass is 10.2. The van der Waals surface area contributed by atoms with Crippen LogP contribution >= 0.6 is 0 Å². The number of pyridine rings is 1. The van der Waals surface area contributed by atoms with Gasteiger partial charge in [-0.1, -0.05) is 0 Å². The Labute approximate surface area is 92.9 Å². The van der Waals surface area contributed by atoms with Gasteiger partial charge in [0.25, 0.3) is 0 Å². The van der Waals surface area contributed by atoms with Crippen molar-refractivity contribution in [2.75, 3.05) is 0 Å². The van der Waals surface area contributed by atoms with Crippen LogP contribution in [0, 0.1) is 0 Å². The number of imidazole rings is 1. The Morgan fingerprint density at radius 2 is 2.06 bits per heavy atom. The second-order valence-corrected chi connectivity index (χ2v) is 3.47. The Morgan fingerprint density at radius 1 is 1.38 bits per heavy atom. The van der Waals surface area contributed by atoms with Crippen molar-refractivity contribution in [1.82, 2.24) is 14.5 Å². The summed E-state index contributed by atoms with van der Waals surface area (Å²) >= 11 is 0. The minimum Gasteiger partial charge on any atom is -0.368 e. The molecule has 2 aromatic heterocycles. The predicted octanol–water partition coefficient (Wildman–Crippen LogP) is 0.991. The van der Waals surface area contributed by atoms with Gasteiger partial charge in [-0.25, -0.2) is 4.98 Å². The normalized spacial score (nSPS) is 12.3. The zero-order chi connectivity index (χ0) is 11.5. The third-order valence-electron chi connectivity index (χ3n) is 2.44. The van der Waals surface area contributed by atoms with Crippen LogP contribution in [0.25, 0.3) is 11.4 Å². The van der Waals surface area contributed by atoms with Crippen molar-refractivity contribution in [3.8, 4) is 11.4 Å². The van der Waals surface area contributed by atoms with Gasteiger partial charge in [-0.3, -0.25) is 9.78 Å². The monoisotopic (exact) mass is 216 g/mol. The van der Waals surface area contributed by atoms with Crippen LogP contribution in [0.15, 0.2) is 36.9 Å². The van der Waals surface area contributed by atoms with Gasteiger partial charge >= 0.3 is 0 Å². The van der Waals surface area contributed by atoms with E-state index < -0.39 is 6.04 Å². The maximum absolute atomic E-state index is 11.1. The van der Waals surface area contributed by atoms with E-state index in [9.17, 15) is 4.79 Å². The first-order valence-electron chi connectivity index (χ1n) is 4.92. The molecule has 2 N–H and O–H groups in total. The first-order valence-corrected chi connectivity index (χ1v) is 4.92. The molecular formula is C11H12N4O. The minimum atomic E-state index is -0.411. The highest BCUT2D eigenvalue weighted by Gasteiger charge is 2.15. The molecule has 1 atom stereocenters. The maximum Gasteiger partial charge on any atom is 0.240 e. The second-order valence-electron chi connectivity index (χ2n) is 3.47. The summed E-state index contributed by atoms with van der Waals surface area (Å²) in [5.74, 6) is 0.335. The van der Waals surface area contributed by atoms with E-state index in [4.69, 9.17) is 5.73 Å². The number of rotatable bonds is 3. The number of nitrogens with two attached hydrogens (primary N) is 1. The largest absolute Gasteiger partial charge is 0.368 e. The summed E-state index contributed by atoms with van der Waals surface area (Å²) in [6.45, 7) is 1.74. The molecular weight excluding hydrogens is 204 g/mol. The standard InChI is InChI=1S/C11H12N4O/c1-8(10(12)16)15-7-6-14-11(15)9-2-4-13-5-3-9/h2-8H,1H3,(H2,12,16). The molecule has 0 aliphatic rings. The summed E-state index contributed by atoms with van der Waals surface area (Å²) in [7, 11) is 0. The molecule has 0 saturated heterocycles. The van der Waals surface area contributed by atoms with Gasteiger partial charge in [0.15, 0.2) is 0 Å². The topological polar surface area (TPSA) is 73.8 Å². The molecule has 0 aliphatic carbocycles. The van der Waals surface area contributed by atoms with Crippen molar-refractivity contribution in [2.45, 2.75) is 13.0 Å². The van der Waals surface area contributed by atoms with Crippen molar-refractivity contribution in [3.05, 3.63) is 36.9 Å². The molecule has 2 heterocycles. The van der Waals surface area contributed by atoms with Crippen molar-refractivity contribution >= 4 is 5.91 Å². The molecule has 0 bridgehead atoms. The molecule has 0 radical (unpaired) electrons. The van der Waals surface area contributed by atoms with E-state index in [1.807, 2.05) is 12.1 Å². The fourth-order valence-corrected chi connectivity index (χ4v) is 1.49. The average Bonchev–Trinajstić information content (AvgIpc) is 2.77. The van der Waals surface area contributed by atoms with E-state index in [2.05, 4.69) is 9.97 Å². The first-order chi connectivity index (χ1) is 7.70. The summed E-state index contributed by atoms with van der Waals surface area (Å²) < 4.78 is 1.75. The summed E-state index contributed by atoms with van der Waals surface area (Å²) in [5, 5.41) is 0. The van der Waals surface area contributed by atoms with E-state index in [1.165, 1.54) is 0 Å². The van der Waals surface area contributed by atoms with E-state index in [1.54, 1.807) is 36.3 Å². The minimum absolute atomic E-state index is 0.381. The van der Waals surface area contributed by atoms with Gasteiger partial charge in [-0.15, -0.1) is 0 Å². The summed E-state index contributed by atoms with van der Waals surface area (Å²) in [6, 6.07) is 3.27. The molecule has 0 fully saturated rings. The van der Waals surface area contributed by atoms with Crippen LogP contribution in [0.4, 0.5) is 0 Å². The lowest BCUT2D eigenvalue weighted by Gasteiger charge is -2.12. The molecule has 0 aliphatic heterocycles. The smallest absolute Gasteiger partial charge is 0.240 e. The average molecular weight is 216 g/mol. The molecule has 0 aromatic carbocycles. The molecule has 2 rings (SSSR count). The molecule has 16 heavy (non-hydrogen) atoms. The molecule has 1 amide bonds. The Kier molecular flexibility index (Phi) is 2.68. The van der Waals surface area contributed by atoms with Crippen molar-refractivity contribution < 1.29 is 4.79 Å². The van der Waals surface area contributed by atoms with Gasteiger partial charge < -0.3 is 10.3 Å². The van der Waals surface area contributed by atoms with Crippen LogP contribution in [-0.2, 0) is 4.79 Å². The number of nitrogens with zero attached hydrogens (tertiary/aromatic N) is 3. The number of primary amides is 1. The van der Waals surface area contributed by atoms with Gasteiger partial charge in [0.2, 0.25) is 5.91 Å². The lowest BCUT2D eigenvalue weighted by molar-refractivity contribution is -0.120. The number of hydrogen-bond acceptors (Lipinski definition) is 3. The van der Waals surface area contributed by atoms with Crippen molar-refractivity contribution in [1.29, 1.82) is 0 Å². The SMILES string of the molecule is CC(C(N)=O)n1ccnc1-c1ccncc1. The van der Waals surface area contributed by atoms with Crippen LogP contribution < -0.4 is 5.73 Å². The molecule has 82 valence electrons. The van der Waals surface area contributed by atoms with Gasteiger partial charge in [-0.2, -0.15) is 0 Å². The van der Waals surface area contributed by atoms with E-state index in [-0.39, 0.29) is 5.91 Å². The summed E-state index contributed by atoms with van der Waals surface area (Å²) in [4.78, 5) is 19.3. The fourth-order valence-electron chi connectivity index (χ4n) is 1.49. The van der Waals surface area contributed by atoms with Crippen molar-refractivity contribution in [2.24, 2.45) is 5.73 Å². The van der Waals surface area contributed by atoms with E-state index >= 15 is 0 Å². The van der Waals surface area contributed by atoms with Crippen LogP contribution in [0.5, 0.6) is 0 Å². The van der Waals surface area contributed by atoms with Gasteiger partial charge in [0.05, 0.1) is 0 Å².